The van der Waals surface area contributed by atoms with Crippen molar-refractivity contribution in [3.8, 4) is 11.5 Å². The van der Waals surface area contributed by atoms with E-state index in [1.165, 1.54) is 0 Å². The first kappa shape index (κ1) is 16.4. The second-order valence-corrected chi connectivity index (χ2v) is 7.27. The molecule has 24 heavy (non-hydrogen) atoms. The minimum atomic E-state index is -3.43. The fourth-order valence-electron chi connectivity index (χ4n) is 2.25. The Balaban J connectivity index is 1.82. The number of hydrazine groups is 1. The van der Waals surface area contributed by atoms with Crippen molar-refractivity contribution in [1.29, 1.82) is 0 Å². The first-order valence-electron chi connectivity index (χ1n) is 7.60. The predicted molar refractivity (Wildman–Crippen MR) is 94.7 cm³/mol. The molecule has 2 aromatic carbocycles. The molecule has 0 bridgehead atoms. The smallest absolute Gasteiger partial charge is 0.416 e. The largest absolute Gasteiger partial charge is 0.435 e. The van der Waals surface area contributed by atoms with Gasteiger partial charge in [-0.2, -0.15) is 0 Å². The molecule has 0 unspecified atom stereocenters. The van der Waals surface area contributed by atoms with Crippen molar-refractivity contribution >= 4 is 7.60 Å². The minimum Gasteiger partial charge on any atom is -0.416 e. The number of allylic oxidation sites excluding steroid dienone is 2. The Morgan fingerprint density at radius 1 is 0.958 bits per heavy atom. The zero-order valence-corrected chi connectivity index (χ0v) is 14.0. The highest BCUT2D eigenvalue weighted by Crippen LogP contribution is 2.50. The summed E-state index contributed by atoms with van der Waals surface area (Å²) in [6, 6.07) is 18.1. The van der Waals surface area contributed by atoms with Gasteiger partial charge in [0.2, 0.25) is 0 Å². The molecule has 0 aliphatic carbocycles. The van der Waals surface area contributed by atoms with E-state index in [4.69, 9.17) is 14.9 Å². The van der Waals surface area contributed by atoms with Gasteiger partial charge in [-0.05, 0) is 35.9 Å². The van der Waals surface area contributed by atoms with Crippen molar-refractivity contribution in [2.24, 2.45) is 5.84 Å². The summed E-state index contributed by atoms with van der Waals surface area (Å²) in [5.41, 5.74) is 0.867. The number of hydrogen-bond acceptors (Lipinski definition) is 5. The van der Waals surface area contributed by atoms with Crippen molar-refractivity contribution in [1.82, 2.24) is 5.01 Å². The Morgan fingerprint density at radius 2 is 1.50 bits per heavy atom. The molecule has 1 heterocycles. The Bertz CT molecular complexity index is 730. The molecule has 0 spiro atoms. The molecule has 0 fully saturated rings. The average Bonchev–Trinajstić information content (AvgIpc) is 2.58. The van der Waals surface area contributed by atoms with Crippen LogP contribution in [0.3, 0.4) is 0 Å². The lowest BCUT2D eigenvalue weighted by atomic mass is 10.2. The van der Waals surface area contributed by atoms with E-state index in [-0.39, 0.29) is 6.16 Å². The van der Waals surface area contributed by atoms with Gasteiger partial charge in [0, 0.05) is 6.20 Å². The van der Waals surface area contributed by atoms with Gasteiger partial charge in [0.15, 0.2) is 0 Å². The molecule has 124 valence electrons. The number of hydrogen-bond donors (Lipinski definition) is 1. The van der Waals surface area contributed by atoms with Gasteiger partial charge in [-0.25, -0.2) is 10.4 Å². The second-order valence-electron chi connectivity index (χ2n) is 5.37. The van der Waals surface area contributed by atoms with Crippen LogP contribution in [-0.2, 0) is 4.57 Å². The lowest BCUT2D eigenvalue weighted by molar-refractivity contribution is 0.388. The highest BCUT2D eigenvalue weighted by atomic mass is 31.2. The molecule has 2 aromatic rings. The number of benzene rings is 2. The van der Waals surface area contributed by atoms with Crippen molar-refractivity contribution in [3.05, 3.63) is 84.6 Å². The minimum absolute atomic E-state index is 0.168. The number of rotatable bonds is 6. The van der Waals surface area contributed by atoms with Crippen LogP contribution in [0.2, 0.25) is 0 Å². The number of nitrogens with two attached hydrogens (primary N) is 1. The molecule has 0 atom stereocenters. The molecule has 0 amide bonds. The summed E-state index contributed by atoms with van der Waals surface area (Å²) < 4.78 is 24.8. The zero-order valence-electron chi connectivity index (χ0n) is 13.1. The van der Waals surface area contributed by atoms with Crippen LogP contribution in [0.15, 0.2) is 84.6 Å². The molecule has 1 aliphatic rings. The van der Waals surface area contributed by atoms with E-state index in [9.17, 15) is 4.57 Å². The Kier molecular flexibility index (Phi) is 5.04. The maximum Gasteiger partial charge on any atom is 0.435 e. The summed E-state index contributed by atoms with van der Waals surface area (Å²) in [7, 11) is -3.43. The summed E-state index contributed by atoms with van der Waals surface area (Å²) in [6.45, 7) is 0.558. The molecule has 5 nitrogen and oxygen atoms in total. The summed E-state index contributed by atoms with van der Waals surface area (Å²) in [5.74, 6) is 6.70. The quantitative estimate of drug-likeness (QED) is 0.636. The van der Waals surface area contributed by atoms with Crippen LogP contribution < -0.4 is 14.9 Å². The third-order valence-electron chi connectivity index (χ3n) is 3.40. The second kappa shape index (κ2) is 7.39. The zero-order chi connectivity index (χ0) is 16.8. The van der Waals surface area contributed by atoms with Gasteiger partial charge >= 0.3 is 7.60 Å². The molecule has 0 aromatic heterocycles. The van der Waals surface area contributed by atoms with Crippen molar-refractivity contribution in [2.75, 3.05) is 12.7 Å². The fraction of sp³-hybridized carbons (Fsp3) is 0.111. The average molecular weight is 342 g/mol. The van der Waals surface area contributed by atoms with E-state index in [2.05, 4.69) is 0 Å². The maximum absolute atomic E-state index is 13.3. The van der Waals surface area contributed by atoms with E-state index in [0.29, 0.717) is 18.0 Å². The van der Waals surface area contributed by atoms with Gasteiger partial charge in [-0.1, -0.05) is 42.5 Å². The van der Waals surface area contributed by atoms with Crippen LogP contribution in [0.4, 0.5) is 0 Å². The van der Waals surface area contributed by atoms with E-state index in [1.807, 2.05) is 48.6 Å². The van der Waals surface area contributed by atoms with Crippen LogP contribution in [-0.4, -0.2) is 17.7 Å². The first-order chi connectivity index (χ1) is 11.6. The first-order valence-corrected chi connectivity index (χ1v) is 9.33. The van der Waals surface area contributed by atoms with Crippen LogP contribution in [0.5, 0.6) is 11.5 Å². The summed E-state index contributed by atoms with van der Waals surface area (Å²) >= 11 is 0. The highest BCUT2D eigenvalue weighted by Gasteiger charge is 2.29. The molecule has 1 aliphatic heterocycles. The van der Waals surface area contributed by atoms with Crippen LogP contribution >= 0.6 is 7.60 Å². The van der Waals surface area contributed by atoms with E-state index in [1.54, 1.807) is 35.5 Å². The maximum atomic E-state index is 13.3. The van der Waals surface area contributed by atoms with Crippen molar-refractivity contribution in [2.45, 2.75) is 0 Å². The Labute approximate surface area is 141 Å². The predicted octanol–water partition coefficient (Wildman–Crippen LogP) is 3.97. The SMILES string of the molecule is NN1C=CC(CP(=O)(Oc2ccccc2)Oc2ccccc2)=CC1. The lowest BCUT2D eigenvalue weighted by Crippen LogP contribution is -2.27. The molecule has 0 saturated carbocycles. The van der Waals surface area contributed by atoms with Gasteiger partial charge in [0.1, 0.15) is 11.5 Å². The van der Waals surface area contributed by atoms with Gasteiger partial charge < -0.3 is 14.1 Å². The summed E-state index contributed by atoms with van der Waals surface area (Å²) in [4.78, 5) is 0. The molecule has 2 N–H and O–H groups in total. The Hall–Kier alpha value is -2.49. The third-order valence-corrected chi connectivity index (χ3v) is 5.13. The van der Waals surface area contributed by atoms with Crippen molar-refractivity contribution in [3.63, 3.8) is 0 Å². The number of nitrogens with zero attached hydrogens (tertiary/aromatic N) is 1. The molecule has 0 saturated heterocycles. The summed E-state index contributed by atoms with van der Waals surface area (Å²) in [6.07, 6.45) is 5.64. The normalized spacial score (nSPS) is 14.2. The molecule has 0 radical (unpaired) electrons. The standard InChI is InChI=1S/C18H19N2O3P/c19-20-13-11-16(12-14-20)15-24(21,22-17-7-3-1-4-8-17)23-18-9-5-2-6-10-18/h1-13H,14-15,19H2. The third kappa shape index (κ3) is 4.51. The molecule has 6 heteroatoms. The molecular formula is C18H19N2O3P. The van der Waals surface area contributed by atoms with Crippen LogP contribution in [0, 0.1) is 0 Å². The van der Waals surface area contributed by atoms with Gasteiger partial charge in [0.25, 0.3) is 0 Å². The Morgan fingerprint density at radius 3 is 1.96 bits per heavy atom. The number of para-hydroxylation sites is 2. The van der Waals surface area contributed by atoms with Crippen LogP contribution in [0.1, 0.15) is 0 Å². The van der Waals surface area contributed by atoms with E-state index >= 15 is 0 Å². The fourth-order valence-corrected chi connectivity index (χ4v) is 3.98. The molecular weight excluding hydrogens is 323 g/mol. The monoisotopic (exact) mass is 342 g/mol. The van der Waals surface area contributed by atoms with Gasteiger partial charge in [-0.15, -0.1) is 0 Å². The van der Waals surface area contributed by atoms with Crippen LogP contribution in [0.25, 0.3) is 0 Å². The van der Waals surface area contributed by atoms with Gasteiger partial charge in [-0.3, -0.25) is 0 Å². The van der Waals surface area contributed by atoms with Crippen molar-refractivity contribution < 1.29 is 13.6 Å². The topological polar surface area (TPSA) is 64.8 Å². The molecule has 3 rings (SSSR count). The summed E-state index contributed by atoms with van der Waals surface area (Å²) in [5, 5.41) is 1.55. The van der Waals surface area contributed by atoms with E-state index in [0.717, 1.165) is 5.57 Å². The lowest BCUT2D eigenvalue weighted by Gasteiger charge is -2.22. The highest BCUT2D eigenvalue weighted by molar-refractivity contribution is 7.55. The van der Waals surface area contributed by atoms with E-state index < -0.39 is 7.60 Å². The van der Waals surface area contributed by atoms with Gasteiger partial charge in [0.05, 0.1) is 12.7 Å².